The number of hydrogen-bond donors (Lipinski definition) is 1. The maximum atomic E-state index is 11.0. The fraction of sp³-hybridized carbons (Fsp3) is 0.833. The molecule has 0 radical (unpaired) electrons. The van der Waals surface area contributed by atoms with Crippen LogP contribution in [0.25, 0.3) is 0 Å². The number of carbonyl (C=O) groups is 1. The van der Waals surface area contributed by atoms with Crippen molar-refractivity contribution in [1.82, 2.24) is 5.32 Å². The topological polar surface area (TPSA) is 47.6 Å². The summed E-state index contributed by atoms with van der Waals surface area (Å²) in [5.41, 5.74) is 0. The molecule has 0 amide bonds. The highest BCUT2D eigenvalue weighted by Gasteiger charge is 2.12. The summed E-state index contributed by atoms with van der Waals surface area (Å²) in [6.07, 6.45) is 4.68. The lowest BCUT2D eigenvalue weighted by molar-refractivity contribution is 0.0994. The third-order valence-electron chi connectivity index (χ3n) is 2.30. The van der Waals surface area contributed by atoms with Gasteiger partial charge in [-0.15, -0.1) is 0 Å². The second-order valence-electron chi connectivity index (χ2n) is 3.84. The summed E-state index contributed by atoms with van der Waals surface area (Å²) in [5, 5.41) is 3.16. The molecule has 0 aliphatic heterocycles. The molecule has 0 fully saturated rings. The van der Waals surface area contributed by atoms with Crippen LogP contribution in [0.5, 0.6) is 0 Å². The zero-order valence-corrected chi connectivity index (χ0v) is 11.8. The molecule has 1 N–H and O–H groups in total. The largest absolute Gasteiger partial charge is 0.515 e. The van der Waals surface area contributed by atoms with E-state index in [4.69, 9.17) is 17.0 Å². The number of thiocarbonyl (C=S) groups is 1. The molecule has 1 unspecified atom stereocenters. The Morgan fingerprint density at radius 2 is 1.94 bits per heavy atom. The highest BCUT2D eigenvalue weighted by atomic mass is 32.1. The SMILES string of the molecule is CCCCC(CCC)NC(=S)OC(=O)OCC. The first-order valence-electron chi connectivity index (χ1n) is 6.29. The minimum Gasteiger partial charge on any atom is -0.434 e. The number of ether oxygens (including phenoxy) is 2. The number of unbranched alkanes of at least 4 members (excludes halogenated alkanes) is 1. The summed E-state index contributed by atoms with van der Waals surface area (Å²) in [6.45, 7) is 6.28. The normalized spacial score (nSPS) is 11.7. The first kappa shape index (κ1) is 16.2. The minimum absolute atomic E-state index is 0.109. The number of carbonyl (C=O) groups excluding carboxylic acids is 1. The molecule has 1 atom stereocenters. The zero-order chi connectivity index (χ0) is 13.1. The number of nitrogens with one attached hydrogen (secondary N) is 1. The van der Waals surface area contributed by atoms with Gasteiger partial charge in [0, 0.05) is 6.04 Å². The van der Waals surface area contributed by atoms with E-state index < -0.39 is 6.16 Å². The minimum atomic E-state index is -0.740. The van der Waals surface area contributed by atoms with Gasteiger partial charge in [-0.25, -0.2) is 4.79 Å². The third kappa shape index (κ3) is 8.92. The molecule has 0 aliphatic carbocycles. The standard InChI is InChI=1S/C12H23NO3S/c1-4-7-9-10(8-5-2)13-11(17)16-12(14)15-6-3/h10H,4-9H2,1-3H3,(H,13,17). The molecule has 0 spiro atoms. The van der Waals surface area contributed by atoms with E-state index in [1.54, 1.807) is 6.92 Å². The van der Waals surface area contributed by atoms with Crippen molar-refractivity contribution in [3.05, 3.63) is 0 Å². The maximum Gasteiger partial charge on any atom is 0.515 e. The smallest absolute Gasteiger partial charge is 0.434 e. The summed E-state index contributed by atoms with van der Waals surface area (Å²) >= 11 is 4.95. The first-order valence-corrected chi connectivity index (χ1v) is 6.69. The Bertz CT molecular complexity index is 234. The lowest BCUT2D eigenvalue weighted by atomic mass is 10.1. The van der Waals surface area contributed by atoms with E-state index >= 15 is 0 Å². The highest BCUT2D eigenvalue weighted by Crippen LogP contribution is 2.07. The molecule has 4 nitrogen and oxygen atoms in total. The monoisotopic (exact) mass is 261 g/mol. The molecule has 0 aromatic rings. The van der Waals surface area contributed by atoms with Crippen molar-refractivity contribution in [1.29, 1.82) is 0 Å². The van der Waals surface area contributed by atoms with Crippen LogP contribution in [0.1, 0.15) is 52.9 Å². The quantitative estimate of drug-likeness (QED) is 0.562. The van der Waals surface area contributed by atoms with Gasteiger partial charge in [-0.2, -0.15) is 0 Å². The average Bonchev–Trinajstić information content (AvgIpc) is 2.26. The molecule has 100 valence electrons. The van der Waals surface area contributed by atoms with E-state index in [2.05, 4.69) is 23.9 Å². The van der Waals surface area contributed by atoms with Crippen LogP contribution in [-0.4, -0.2) is 24.0 Å². The van der Waals surface area contributed by atoms with Crippen molar-refractivity contribution in [2.45, 2.75) is 58.9 Å². The van der Waals surface area contributed by atoms with Crippen LogP contribution in [0.2, 0.25) is 0 Å². The van der Waals surface area contributed by atoms with Crippen molar-refractivity contribution in [2.75, 3.05) is 6.61 Å². The molecule has 0 aromatic heterocycles. The van der Waals surface area contributed by atoms with E-state index in [9.17, 15) is 4.79 Å². The van der Waals surface area contributed by atoms with Crippen LogP contribution >= 0.6 is 12.2 Å². The predicted molar refractivity (Wildman–Crippen MR) is 72.1 cm³/mol. The Balaban J connectivity index is 3.97. The molecule has 0 aromatic carbocycles. The van der Waals surface area contributed by atoms with E-state index in [0.29, 0.717) is 0 Å². The summed E-state index contributed by atoms with van der Waals surface area (Å²) < 4.78 is 9.45. The van der Waals surface area contributed by atoms with Crippen molar-refractivity contribution in [3.63, 3.8) is 0 Å². The van der Waals surface area contributed by atoms with Crippen molar-refractivity contribution >= 4 is 23.5 Å². The van der Waals surface area contributed by atoms with Gasteiger partial charge in [0.2, 0.25) is 0 Å². The molecule has 5 heteroatoms. The molecular weight excluding hydrogens is 238 g/mol. The van der Waals surface area contributed by atoms with Gasteiger partial charge in [-0.05, 0) is 32.0 Å². The number of rotatable bonds is 7. The van der Waals surface area contributed by atoms with Crippen LogP contribution in [0.15, 0.2) is 0 Å². The Morgan fingerprint density at radius 3 is 2.47 bits per heavy atom. The fourth-order valence-corrected chi connectivity index (χ4v) is 1.74. The Hall–Kier alpha value is -0.840. The Labute approximate surface area is 109 Å². The first-order chi connectivity index (χ1) is 8.13. The van der Waals surface area contributed by atoms with E-state index in [1.807, 2.05) is 0 Å². The second kappa shape index (κ2) is 10.3. The van der Waals surface area contributed by atoms with Crippen molar-refractivity contribution < 1.29 is 14.3 Å². The van der Waals surface area contributed by atoms with Gasteiger partial charge in [-0.3, -0.25) is 0 Å². The molecule has 0 bridgehead atoms. The van der Waals surface area contributed by atoms with E-state index in [1.165, 1.54) is 0 Å². The molecule has 0 rings (SSSR count). The lowest BCUT2D eigenvalue weighted by Gasteiger charge is -2.18. The molecule has 0 saturated carbocycles. The van der Waals surface area contributed by atoms with Gasteiger partial charge in [0.15, 0.2) is 0 Å². The second-order valence-corrected chi connectivity index (χ2v) is 4.22. The summed E-state index contributed by atoms with van der Waals surface area (Å²) in [6, 6.07) is 0.280. The molecule has 0 saturated heterocycles. The molecule has 17 heavy (non-hydrogen) atoms. The van der Waals surface area contributed by atoms with Crippen molar-refractivity contribution in [3.8, 4) is 0 Å². The molecule has 0 aliphatic rings. The average molecular weight is 261 g/mol. The van der Waals surface area contributed by atoms with Gasteiger partial charge < -0.3 is 14.8 Å². The van der Waals surface area contributed by atoms with Crippen LogP contribution in [0.3, 0.4) is 0 Å². The van der Waals surface area contributed by atoms with Crippen LogP contribution in [0.4, 0.5) is 4.79 Å². The van der Waals surface area contributed by atoms with E-state index in [-0.39, 0.29) is 17.8 Å². The summed E-state index contributed by atoms with van der Waals surface area (Å²) in [7, 11) is 0. The molecular formula is C12H23NO3S. The Morgan fingerprint density at radius 1 is 1.24 bits per heavy atom. The zero-order valence-electron chi connectivity index (χ0n) is 11.0. The molecule has 0 heterocycles. The Kier molecular flexibility index (Phi) is 9.81. The van der Waals surface area contributed by atoms with Gasteiger partial charge in [-0.1, -0.05) is 33.1 Å². The predicted octanol–water partition coefficient (Wildman–Crippen LogP) is 3.39. The van der Waals surface area contributed by atoms with Crippen molar-refractivity contribution in [2.24, 2.45) is 0 Å². The van der Waals surface area contributed by atoms with Gasteiger partial charge in [0.05, 0.1) is 6.61 Å². The van der Waals surface area contributed by atoms with Gasteiger partial charge in [0.25, 0.3) is 5.17 Å². The fourth-order valence-electron chi connectivity index (χ4n) is 1.51. The van der Waals surface area contributed by atoms with Gasteiger partial charge in [0.1, 0.15) is 0 Å². The lowest BCUT2D eigenvalue weighted by Crippen LogP contribution is -2.36. The highest BCUT2D eigenvalue weighted by molar-refractivity contribution is 7.80. The van der Waals surface area contributed by atoms with E-state index in [0.717, 1.165) is 32.1 Å². The van der Waals surface area contributed by atoms with Crippen LogP contribution in [0, 0.1) is 0 Å². The number of hydrogen-bond acceptors (Lipinski definition) is 4. The third-order valence-corrected chi connectivity index (χ3v) is 2.50. The van der Waals surface area contributed by atoms with Gasteiger partial charge >= 0.3 is 6.16 Å². The van der Waals surface area contributed by atoms with Crippen LogP contribution < -0.4 is 5.32 Å². The summed E-state index contributed by atoms with van der Waals surface area (Å²) in [5.74, 6) is 0. The maximum absolute atomic E-state index is 11.0. The van der Waals surface area contributed by atoms with Crippen LogP contribution in [-0.2, 0) is 9.47 Å². The summed E-state index contributed by atoms with van der Waals surface area (Å²) in [4.78, 5) is 11.0.